The first-order valence-corrected chi connectivity index (χ1v) is 10.0. The Morgan fingerprint density at radius 1 is 1.07 bits per heavy atom. The molecule has 1 aliphatic rings. The molecule has 2 heterocycles. The normalized spacial score (nSPS) is 14.8. The third kappa shape index (κ3) is 4.16. The highest BCUT2D eigenvalue weighted by Gasteiger charge is 2.28. The molecule has 0 spiro atoms. The third-order valence-electron chi connectivity index (χ3n) is 5.56. The lowest BCUT2D eigenvalue weighted by Gasteiger charge is -2.30. The molecule has 2 aromatic carbocycles. The van der Waals surface area contributed by atoms with Crippen LogP contribution in [0.25, 0.3) is 11.4 Å². The molecule has 1 fully saturated rings. The molecule has 0 radical (unpaired) electrons. The lowest BCUT2D eigenvalue weighted by Crippen LogP contribution is -2.40. The van der Waals surface area contributed by atoms with Crippen molar-refractivity contribution in [3.63, 3.8) is 0 Å². The first kappa shape index (κ1) is 19.2. The van der Waals surface area contributed by atoms with Crippen LogP contribution in [0.5, 0.6) is 0 Å². The summed E-state index contributed by atoms with van der Waals surface area (Å²) in [6.45, 7) is 7.41. The molecule has 1 aromatic heterocycles. The van der Waals surface area contributed by atoms with E-state index in [-0.39, 0.29) is 11.9 Å². The molecule has 6 heteroatoms. The van der Waals surface area contributed by atoms with E-state index in [1.54, 1.807) is 0 Å². The van der Waals surface area contributed by atoms with Crippen LogP contribution in [-0.2, 0) is 0 Å². The Morgan fingerprint density at radius 3 is 2.45 bits per heavy atom. The summed E-state index contributed by atoms with van der Waals surface area (Å²) < 4.78 is 5.54. The summed E-state index contributed by atoms with van der Waals surface area (Å²) in [5, 5.41) is 7.22. The van der Waals surface area contributed by atoms with E-state index in [2.05, 4.69) is 21.5 Å². The van der Waals surface area contributed by atoms with Gasteiger partial charge in [-0.05, 0) is 50.8 Å². The van der Waals surface area contributed by atoms with E-state index >= 15 is 0 Å². The molecule has 6 nitrogen and oxygen atoms in total. The Hall–Kier alpha value is -3.15. The van der Waals surface area contributed by atoms with Crippen LogP contribution in [0.4, 0.5) is 10.5 Å². The number of carbonyl (C=O) groups is 1. The maximum Gasteiger partial charge on any atom is 0.321 e. The quantitative estimate of drug-likeness (QED) is 0.677. The van der Waals surface area contributed by atoms with Gasteiger partial charge < -0.3 is 14.7 Å². The molecule has 2 amide bonds. The highest BCUT2D eigenvalue weighted by molar-refractivity contribution is 5.91. The van der Waals surface area contributed by atoms with Crippen molar-refractivity contribution in [1.29, 1.82) is 0 Å². The maximum atomic E-state index is 12.7. The van der Waals surface area contributed by atoms with Gasteiger partial charge in [-0.15, -0.1) is 0 Å². The van der Waals surface area contributed by atoms with Gasteiger partial charge in [-0.25, -0.2) is 4.79 Å². The molecule has 29 heavy (non-hydrogen) atoms. The minimum Gasteiger partial charge on any atom is -0.339 e. The number of likely N-dealkylation sites (tertiary alicyclic amines) is 1. The zero-order chi connectivity index (χ0) is 20.4. The predicted octanol–water partition coefficient (Wildman–Crippen LogP) is 5.07. The van der Waals surface area contributed by atoms with Gasteiger partial charge in [-0.1, -0.05) is 47.1 Å². The zero-order valence-corrected chi connectivity index (χ0v) is 17.1. The Balaban J connectivity index is 1.38. The van der Waals surface area contributed by atoms with Crippen molar-refractivity contribution < 1.29 is 9.32 Å². The van der Waals surface area contributed by atoms with E-state index in [1.807, 2.05) is 62.1 Å². The molecule has 0 atom stereocenters. The monoisotopic (exact) mass is 390 g/mol. The summed E-state index contributed by atoms with van der Waals surface area (Å²) >= 11 is 0. The summed E-state index contributed by atoms with van der Waals surface area (Å²) in [6.07, 6.45) is 1.63. The number of benzene rings is 2. The van der Waals surface area contributed by atoms with Crippen molar-refractivity contribution in [2.75, 3.05) is 18.4 Å². The van der Waals surface area contributed by atoms with Crippen LogP contribution in [0.3, 0.4) is 0 Å². The fraction of sp³-hybridized carbons (Fsp3) is 0.348. The number of hydrogen-bond acceptors (Lipinski definition) is 4. The molecule has 1 aliphatic heterocycles. The molecule has 0 aliphatic carbocycles. The molecule has 0 saturated carbocycles. The lowest BCUT2D eigenvalue weighted by atomic mass is 9.97. The second-order valence-electron chi connectivity index (χ2n) is 7.78. The largest absolute Gasteiger partial charge is 0.339 e. The third-order valence-corrected chi connectivity index (χ3v) is 5.56. The van der Waals surface area contributed by atoms with E-state index in [0.29, 0.717) is 24.8 Å². The summed E-state index contributed by atoms with van der Waals surface area (Å²) in [5.41, 5.74) is 5.17. The Labute approximate surface area is 170 Å². The Morgan fingerprint density at radius 2 is 1.76 bits per heavy atom. The first-order valence-electron chi connectivity index (χ1n) is 10.0. The maximum absolute atomic E-state index is 12.7. The van der Waals surface area contributed by atoms with Crippen molar-refractivity contribution in [3.05, 3.63) is 65.0 Å². The number of aromatic nitrogens is 2. The van der Waals surface area contributed by atoms with Gasteiger partial charge in [-0.2, -0.15) is 4.98 Å². The van der Waals surface area contributed by atoms with Crippen LogP contribution < -0.4 is 5.32 Å². The highest BCUT2D eigenvalue weighted by Crippen LogP contribution is 2.29. The van der Waals surface area contributed by atoms with Gasteiger partial charge >= 0.3 is 6.03 Å². The second-order valence-corrected chi connectivity index (χ2v) is 7.78. The molecule has 3 aromatic rings. The van der Waals surface area contributed by atoms with E-state index in [0.717, 1.165) is 40.8 Å². The minimum atomic E-state index is -0.0492. The smallest absolute Gasteiger partial charge is 0.321 e. The second kappa shape index (κ2) is 8.07. The number of piperidine rings is 1. The average molecular weight is 390 g/mol. The van der Waals surface area contributed by atoms with Crippen LogP contribution in [0, 0.1) is 20.8 Å². The fourth-order valence-corrected chi connectivity index (χ4v) is 3.83. The first-order chi connectivity index (χ1) is 14.0. The predicted molar refractivity (Wildman–Crippen MR) is 113 cm³/mol. The van der Waals surface area contributed by atoms with Crippen molar-refractivity contribution in [1.82, 2.24) is 15.0 Å². The van der Waals surface area contributed by atoms with E-state index in [4.69, 9.17) is 4.52 Å². The van der Waals surface area contributed by atoms with Crippen LogP contribution in [0.1, 0.15) is 41.3 Å². The fourth-order valence-electron chi connectivity index (χ4n) is 3.83. The highest BCUT2D eigenvalue weighted by atomic mass is 16.5. The Bertz CT molecular complexity index is 999. The van der Waals surface area contributed by atoms with Crippen LogP contribution in [0.15, 0.2) is 47.0 Å². The molecule has 4 rings (SSSR count). The summed E-state index contributed by atoms with van der Waals surface area (Å²) in [5.74, 6) is 1.47. The van der Waals surface area contributed by atoms with E-state index in [1.165, 1.54) is 0 Å². The number of anilines is 1. The SMILES string of the molecule is Cc1cccc(-c2noc(C3CCN(C(=O)Nc4c(C)cccc4C)CC3)n2)c1. The van der Waals surface area contributed by atoms with Gasteiger partial charge in [0.25, 0.3) is 0 Å². The number of urea groups is 1. The van der Waals surface area contributed by atoms with Crippen molar-refractivity contribution in [3.8, 4) is 11.4 Å². The molecule has 0 unspecified atom stereocenters. The molecule has 1 N–H and O–H groups in total. The standard InChI is InChI=1S/C23H26N4O2/c1-15-6-4-9-19(14-15)21-25-22(29-26-21)18-10-12-27(13-11-18)23(28)24-20-16(2)7-5-8-17(20)3/h4-9,14,18H,10-13H2,1-3H3,(H,24,28). The topological polar surface area (TPSA) is 71.3 Å². The number of carbonyl (C=O) groups excluding carboxylic acids is 1. The van der Waals surface area contributed by atoms with Gasteiger partial charge in [0.2, 0.25) is 11.7 Å². The average Bonchev–Trinajstić information content (AvgIpc) is 3.21. The van der Waals surface area contributed by atoms with E-state index in [9.17, 15) is 4.79 Å². The van der Waals surface area contributed by atoms with Crippen LogP contribution >= 0.6 is 0 Å². The van der Waals surface area contributed by atoms with Crippen molar-refractivity contribution >= 4 is 11.7 Å². The number of hydrogen-bond donors (Lipinski definition) is 1. The van der Waals surface area contributed by atoms with Gasteiger partial charge in [0.15, 0.2) is 0 Å². The van der Waals surface area contributed by atoms with E-state index < -0.39 is 0 Å². The van der Waals surface area contributed by atoms with Gasteiger partial charge in [-0.3, -0.25) is 0 Å². The number of rotatable bonds is 3. The van der Waals surface area contributed by atoms with Crippen LogP contribution in [-0.4, -0.2) is 34.2 Å². The zero-order valence-electron chi connectivity index (χ0n) is 17.1. The number of nitrogens with zero attached hydrogens (tertiary/aromatic N) is 3. The minimum absolute atomic E-state index is 0.0492. The Kier molecular flexibility index (Phi) is 5.34. The van der Waals surface area contributed by atoms with Gasteiger partial charge in [0, 0.05) is 30.3 Å². The molecular weight excluding hydrogens is 364 g/mol. The molecule has 150 valence electrons. The summed E-state index contributed by atoms with van der Waals surface area (Å²) in [4.78, 5) is 19.2. The van der Waals surface area contributed by atoms with Gasteiger partial charge in [0.1, 0.15) is 0 Å². The van der Waals surface area contributed by atoms with Gasteiger partial charge in [0.05, 0.1) is 0 Å². The summed E-state index contributed by atoms with van der Waals surface area (Å²) in [6, 6.07) is 14.1. The van der Waals surface area contributed by atoms with Crippen LogP contribution in [0.2, 0.25) is 0 Å². The van der Waals surface area contributed by atoms with Crippen molar-refractivity contribution in [2.24, 2.45) is 0 Å². The number of para-hydroxylation sites is 1. The molecule has 1 saturated heterocycles. The summed E-state index contributed by atoms with van der Waals surface area (Å²) in [7, 11) is 0. The number of aryl methyl sites for hydroxylation is 3. The molecule has 0 bridgehead atoms. The number of nitrogens with one attached hydrogen (secondary N) is 1. The lowest BCUT2D eigenvalue weighted by molar-refractivity contribution is 0.187. The number of amides is 2. The molecular formula is C23H26N4O2. The van der Waals surface area contributed by atoms with Crippen molar-refractivity contribution in [2.45, 2.75) is 39.5 Å².